The van der Waals surface area contributed by atoms with Crippen LogP contribution in [0.5, 0.6) is 0 Å². The first-order chi connectivity index (χ1) is 11.7. The highest BCUT2D eigenvalue weighted by Crippen LogP contribution is 2.13. The highest BCUT2D eigenvalue weighted by molar-refractivity contribution is 14.0. The van der Waals surface area contributed by atoms with E-state index in [1.807, 2.05) is 48.8 Å². The molecule has 3 N–H and O–H groups in total. The number of hydrogen-bond donors (Lipinski definition) is 3. The Kier molecular flexibility index (Phi) is 10.1. The predicted molar refractivity (Wildman–Crippen MR) is 114 cm³/mol. The lowest BCUT2D eigenvalue weighted by molar-refractivity contribution is 0.265. The van der Waals surface area contributed by atoms with Gasteiger partial charge < -0.3 is 15.7 Å². The number of nitrogens with one attached hydrogen (secondary N) is 2. The maximum absolute atomic E-state index is 9.61. The van der Waals surface area contributed by atoms with Crippen molar-refractivity contribution in [3.63, 3.8) is 0 Å². The van der Waals surface area contributed by atoms with E-state index in [4.69, 9.17) is 0 Å². The van der Waals surface area contributed by atoms with E-state index in [2.05, 4.69) is 27.5 Å². The molecular formula is C19H27IN4O. The van der Waals surface area contributed by atoms with Gasteiger partial charge >= 0.3 is 0 Å². The van der Waals surface area contributed by atoms with Crippen molar-refractivity contribution in [3.8, 4) is 0 Å². The van der Waals surface area contributed by atoms with Crippen LogP contribution in [0.2, 0.25) is 0 Å². The van der Waals surface area contributed by atoms with E-state index in [9.17, 15) is 5.11 Å². The zero-order valence-electron chi connectivity index (χ0n) is 14.8. The van der Waals surface area contributed by atoms with Crippen LogP contribution < -0.4 is 10.6 Å². The summed E-state index contributed by atoms with van der Waals surface area (Å²) < 4.78 is 0. The molecular weight excluding hydrogens is 427 g/mol. The Morgan fingerprint density at radius 2 is 1.96 bits per heavy atom. The Bertz CT molecular complexity index is 649. The molecule has 0 aliphatic carbocycles. The van der Waals surface area contributed by atoms with Crippen LogP contribution in [0.25, 0.3) is 0 Å². The molecule has 1 aromatic carbocycles. The summed E-state index contributed by atoms with van der Waals surface area (Å²) in [6.07, 6.45) is 4.62. The molecule has 5 nitrogen and oxygen atoms in total. The smallest absolute Gasteiger partial charge is 0.191 e. The minimum absolute atomic E-state index is 0. The molecule has 136 valence electrons. The number of hydrogen-bond acceptors (Lipinski definition) is 3. The van der Waals surface area contributed by atoms with Gasteiger partial charge in [-0.1, -0.05) is 30.3 Å². The highest BCUT2D eigenvalue weighted by Gasteiger charge is 2.10. The zero-order valence-corrected chi connectivity index (χ0v) is 17.1. The summed E-state index contributed by atoms with van der Waals surface area (Å²) in [5.74, 6) is 0.795. The first kappa shape index (κ1) is 21.4. The van der Waals surface area contributed by atoms with Gasteiger partial charge in [-0.25, -0.2) is 0 Å². The van der Waals surface area contributed by atoms with Crippen molar-refractivity contribution in [2.45, 2.75) is 19.3 Å². The average Bonchev–Trinajstić information content (AvgIpc) is 2.63. The first-order valence-electron chi connectivity index (χ1n) is 8.24. The van der Waals surface area contributed by atoms with Gasteiger partial charge in [0, 0.05) is 38.4 Å². The van der Waals surface area contributed by atoms with Crippen LogP contribution in [-0.4, -0.2) is 42.8 Å². The third kappa shape index (κ3) is 6.99. The van der Waals surface area contributed by atoms with E-state index in [-0.39, 0.29) is 36.5 Å². The number of pyridine rings is 1. The minimum atomic E-state index is 0. The van der Waals surface area contributed by atoms with Gasteiger partial charge in [0.15, 0.2) is 5.96 Å². The fourth-order valence-electron chi connectivity index (χ4n) is 2.55. The molecule has 25 heavy (non-hydrogen) atoms. The number of aliphatic hydroxyl groups excluding tert-OH is 1. The third-order valence-electron chi connectivity index (χ3n) is 4.05. The SMILES string of the molecule is CN=C(NCCc1ccncc1C)NCC(CO)c1ccccc1.I. The summed E-state index contributed by atoms with van der Waals surface area (Å²) in [7, 11) is 1.75. The summed E-state index contributed by atoms with van der Waals surface area (Å²) in [6, 6.07) is 12.1. The average molecular weight is 454 g/mol. The predicted octanol–water partition coefficient (Wildman–Crippen LogP) is 2.49. The third-order valence-corrected chi connectivity index (χ3v) is 4.05. The summed E-state index contributed by atoms with van der Waals surface area (Å²) in [5.41, 5.74) is 3.60. The standard InChI is InChI=1S/C19H26N4O.HI/c1-15-12-21-10-8-16(15)9-11-22-19(20-2)23-13-18(14-24)17-6-4-3-5-7-17;/h3-8,10,12,18,24H,9,11,13-14H2,1-2H3,(H2,20,22,23);1H. The van der Waals surface area contributed by atoms with E-state index >= 15 is 0 Å². The highest BCUT2D eigenvalue weighted by atomic mass is 127. The number of aliphatic imine (C=N–C) groups is 1. The molecule has 1 unspecified atom stereocenters. The molecule has 0 aliphatic rings. The van der Waals surface area contributed by atoms with Crippen LogP contribution in [0.15, 0.2) is 53.8 Å². The number of aliphatic hydroxyl groups is 1. The Morgan fingerprint density at radius 3 is 2.60 bits per heavy atom. The topological polar surface area (TPSA) is 69.5 Å². The quantitative estimate of drug-likeness (QED) is 0.342. The van der Waals surface area contributed by atoms with Crippen LogP contribution in [0.3, 0.4) is 0 Å². The maximum Gasteiger partial charge on any atom is 0.191 e. The fraction of sp³-hybridized carbons (Fsp3) is 0.368. The van der Waals surface area contributed by atoms with Gasteiger partial charge in [0.2, 0.25) is 0 Å². The van der Waals surface area contributed by atoms with Crippen molar-refractivity contribution in [1.82, 2.24) is 15.6 Å². The minimum Gasteiger partial charge on any atom is -0.396 e. The second kappa shape index (κ2) is 11.8. The summed E-state index contributed by atoms with van der Waals surface area (Å²) >= 11 is 0. The summed E-state index contributed by atoms with van der Waals surface area (Å²) in [4.78, 5) is 8.35. The Hall–Kier alpha value is -1.67. The van der Waals surface area contributed by atoms with Gasteiger partial charge in [0.25, 0.3) is 0 Å². The van der Waals surface area contributed by atoms with Crippen molar-refractivity contribution in [2.24, 2.45) is 4.99 Å². The van der Waals surface area contributed by atoms with Crippen molar-refractivity contribution in [2.75, 3.05) is 26.7 Å². The van der Waals surface area contributed by atoms with Gasteiger partial charge in [-0.2, -0.15) is 0 Å². The van der Waals surface area contributed by atoms with E-state index in [1.54, 1.807) is 7.05 Å². The Morgan fingerprint density at radius 1 is 1.20 bits per heavy atom. The monoisotopic (exact) mass is 454 g/mol. The van der Waals surface area contributed by atoms with Crippen LogP contribution >= 0.6 is 24.0 Å². The van der Waals surface area contributed by atoms with E-state index in [0.717, 1.165) is 24.5 Å². The van der Waals surface area contributed by atoms with Crippen LogP contribution in [0, 0.1) is 6.92 Å². The Balaban J connectivity index is 0.00000312. The van der Waals surface area contributed by atoms with E-state index < -0.39 is 0 Å². The number of halogens is 1. The van der Waals surface area contributed by atoms with Crippen LogP contribution in [-0.2, 0) is 6.42 Å². The van der Waals surface area contributed by atoms with Gasteiger partial charge in [-0.15, -0.1) is 24.0 Å². The van der Waals surface area contributed by atoms with E-state index in [0.29, 0.717) is 6.54 Å². The van der Waals surface area contributed by atoms with Gasteiger partial charge in [0.05, 0.1) is 6.61 Å². The van der Waals surface area contributed by atoms with Gasteiger partial charge in [-0.05, 0) is 36.1 Å². The second-order valence-corrected chi connectivity index (χ2v) is 5.72. The number of nitrogens with zero attached hydrogens (tertiary/aromatic N) is 2. The summed E-state index contributed by atoms with van der Waals surface area (Å²) in [6.45, 7) is 3.60. The van der Waals surface area contributed by atoms with Crippen molar-refractivity contribution in [3.05, 3.63) is 65.5 Å². The number of rotatable bonds is 7. The van der Waals surface area contributed by atoms with Crippen LogP contribution in [0.1, 0.15) is 22.6 Å². The number of benzene rings is 1. The lowest BCUT2D eigenvalue weighted by Gasteiger charge is -2.18. The number of guanidine groups is 1. The molecule has 1 aromatic heterocycles. The largest absolute Gasteiger partial charge is 0.396 e. The molecule has 0 fully saturated rings. The lowest BCUT2D eigenvalue weighted by Crippen LogP contribution is -2.40. The molecule has 0 spiro atoms. The lowest BCUT2D eigenvalue weighted by atomic mass is 10.0. The molecule has 0 amide bonds. The molecule has 0 radical (unpaired) electrons. The molecule has 1 heterocycles. The summed E-state index contributed by atoms with van der Waals surface area (Å²) in [5, 5.41) is 16.2. The zero-order chi connectivity index (χ0) is 17.2. The number of aromatic nitrogens is 1. The van der Waals surface area contributed by atoms with Crippen molar-refractivity contribution < 1.29 is 5.11 Å². The molecule has 0 bridgehead atoms. The van der Waals surface area contributed by atoms with E-state index in [1.165, 1.54) is 11.1 Å². The van der Waals surface area contributed by atoms with Crippen molar-refractivity contribution >= 4 is 29.9 Å². The fourth-order valence-corrected chi connectivity index (χ4v) is 2.55. The molecule has 0 aliphatic heterocycles. The van der Waals surface area contributed by atoms with Gasteiger partial charge in [0.1, 0.15) is 0 Å². The maximum atomic E-state index is 9.61. The molecule has 2 aromatic rings. The van der Waals surface area contributed by atoms with Crippen molar-refractivity contribution in [1.29, 1.82) is 0 Å². The molecule has 6 heteroatoms. The number of aryl methyl sites for hydroxylation is 1. The van der Waals surface area contributed by atoms with Gasteiger partial charge in [-0.3, -0.25) is 9.98 Å². The normalized spacial score (nSPS) is 12.2. The molecule has 0 saturated heterocycles. The molecule has 2 rings (SSSR count). The Labute approximate surface area is 167 Å². The van der Waals surface area contributed by atoms with Crippen LogP contribution in [0.4, 0.5) is 0 Å². The first-order valence-corrected chi connectivity index (χ1v) is 8.24. The molecule has 0 saturated carbocycles. The molecule has 1 atom stereocenters. The second-order valence-electron chi connectivity index (χ2n) is 5.72.